The standard InChI is InChI=1S/C41H48ClF2IN8O6/c1-21-17-25(46)28(42)26(30(21)45)31-29(44)32-27-34(50-36(49-32)57-20-41-12-10-14-51(41)19-23(43)18-41)52(15-16-56-35(27)48-31)22(2)24-11-9-13-47-33(24)53(37(54)58-39(3,4)5)38(55)59-40(6,7)8/h9,11,13,17,22-23H,10,12,14-16,18-20,46H2,1-8H3/t22-,23-,41+/m1/s1. The molecular formula is C41H48ClF2IN8O6. The minimum atomic E-state index is -0.994. The van der Waals surface area contributed by atoms with Crippen molar-refractivity contribution >= 4 is 74.6 Å². The van der Waals surface area contributed by atoms with Crippen LogP contribution in [0.3, 0.4) is 0 Å². The summed E-state index contributed by atoms with van der Waals surface area (Å²) in [5.74, 6) is -0.599. The molecule has 2 amide bonds. The summed E-state index contributed by atoms with van der Waals surface area (Å²) < 4.78 is 56.7. The molecule has 316 valence electrons. The summed E-state index contributed by atoms with van der Waals surface area (Å²) in [5, 5.41) is 0.278. The zero-order chi connectivity index (χ0) is 42.8. The molecule has 59 heavy (non-hydrogen) atoms. The van der Waals surface area contributed by atoms with Gasteiger partial charge in [0.25, 0.3) is 0 Å². The molecule has 7 rings (SSSR count). The van der Waals surface area contributed by atoms with Crippen molar-refractivity contribution in [3.8, 4) is 23.1 Å². The molecule has 2 N–H and O–H groups in total. The summed E-state index contributed by atoms with van der Waals surface area (Å²) in [5.41, 5.74) is 5.23. The molecular weight excluding hydrogens is 901 g/mol. The number of carbonyl (C=O) groups is 2. The molecule has 0 aliphatic carbocycles. The van der Waals surface area contributed by atoms with E-state index < -0.39 is 47.0 Å². The quantitative estimate of drug-likeness (QED) is 0.138. The Hall–Kier alpha value is -4.36. The number of ether oxygens (including phenoxy) is 4. The largest absolute Gasteiger partial charge is 0.475 e. The second-order valence-corrected chi connectivity index (χ2v) is 18.7. The molecule has 18 heteroatoms. The number of imide groups is 1. The Morgan fingerprint density at radius 1 is 1.14 bits per heavy atom. The monoisotopic (exact) mass is 948 g/mol. The summed E-state index contributed by atoms with van der Waals surface area (Å²) in [7, 11) is 0. The minimum Gasteiger partial charge on any atom is -0.475 e. The lowest BCUT2D eigenvalue weighted by molar-refractivity contribution is 0.0428. The van der Waals surface area contributed by atoms with E-state index in [4.69, 9.17) is 46.3 Å². The zero-order valence-electron chi connectivity index (χ0n) is 34.3. The van der Waals surface area contributed by atoms with Crippen LogP contribution >= 0.6 is 34.2 Å². The van der Waals surface area contributed by atoms with E-state index >= 15 is 4.39 Å². The van der Waals surface area contributed by atoms with Crippen molar-refractivity contribution in [3.63, 3.8) is 0 Å². The molecule has 3 aromatic heterocycles. The van der Waals surface area contributed by atoms with Crippen molar-refractivity contribution in [1.29, 1.82) is 0 Å². The highest BCUT2D eigenvalue weighted by atomic mass is 127. The van der Waals surface area contributed by atoms with Gasteiger partial charge >= 0.3 is 18.2 Å². The van der Waals surface area contributed by atoms with Gasteiger partial charge in [0, 0.05) is 33.9 Å². The molecule has 1 aromatic carbocycles. The molecule has 3 atom stereocenters. The number of benzene rings is 1. The summed E-state index contributed by atoms with van der Waals surface area (Å²) in [4.78, 5) is 51.1. The zero-order valence-corrected chi connectivity index (χ0v) is 37.2. The van der Waals surface area contributed by atoms with E-state index in [0.29, 0.717) is 22.1 Å². The van der Waals surface area contributed by atoms with Crippen LogP contribution in [0.15, 0.2) is 24.4 Å². The lowest BCUT2D eigenvalue weighted by Gasteiger charge is -2.33. The van der Waals surface area contributed by atoms with Gasteiger partial charge in [-0.15, -0.1) is 0 Å². The van der Waals surface area contributed by atoms with Gasteiger partial charge < -0.3 is 29.6 Å². The number of aryl methyl sites for hydroxylation is 1. The molecule has 14 nitrogen and oxygen atoms in total. The number of aromatic nitrogens is 4. The van der Waals surface area contributed by atoms with Gasteiger partial charge in [0.15, 0.2) is 11.6 Å². The molecule has 3 aliphatic heterocycles. The molecule has 6 heterocycles. The fraction of sp³-hybridized carbons (Fsp3) is 0.512. The van der Waals surface area contributed by atoms with Gasteiger partial charge in [0.1, 0.15) is 53.0 Å². The first kappa shape index (κ1) is 42.8. The molecule has 3 aliphatic rings. The first-order valence-electron chi connectivity index (χ1n) is 19.5. The van der Waals surface area contributed by atoms with Gasteiger partial charge in [0.05, 0.1) is 28.8 Å². The number of carbonyl (C=O) groups excluding carboxylic acids is 2. The number of amides is 2. The number of fused-ring (bicyclic) bond motifs is 1. The summed E-state index contributed by atoms with van der Waals surface area (Å²) in [6.45, 7) is 15.1. The number of anilines is 3. The number of nitrogens with two attached hydrogens (primary N) is 1. The average molecular weight is 949 g/mol. The second kappa shape index (κ2) is 15.9. The van der Waals surface area contributed by atoms with E-state index in [0.717, 1.165) is 29.8 Å². The lowest BCUT2D eigenvalue weighted by Crippen LogP contribution is -2.45. The van der Waals surface area contributed by atoms with Crippen LogP contribution in [0.1, 0.15) is 84.9 Å². The Morgan fingerprint density at radius 2 is 1.83 bits per heavy atom. The van der Waals surface area contributed by atoms with Crippen LogP contribution in [0.25, 0.3) is 22.2 Å². The fourth-order valence-electron chi connectivity index (χ4n) is 7.98. The van der Waals surface area contributed by atoms with E-state index in [9.17, 15) is 14.0 Å². The molecule has 2 saturated heterocycles. The number of alkyl halides is 1. The predicted octanol–water partition coefficient (Wildman–Crippen LogP) is 8.97. The third-order valence-electron chi connectivity index (χ3n) is 10.5. The van der Waals surface area contributed by atoms with Gasteiger partial charge in [-0.3, -0.25) is 4.90 Å². The van der Waals surface area contributed by atoms with Crippen molar-refractivity contribution < 1.29 is 37.3 Å². The van der Waals surface area contributed by atoms with Crippen LogP contribution in [0.2, 0.25) is 5.02 Å². The average Bonchev–Trinajstić information content (AvgIpc) is 3.60. The summed E-state index contributed by atoms with van der Waals surface area (Å²) in [6, 6.07) is 4.24. The highest BCUT2D eigenvalue weighted by Crippen LogP contribution is 2.46. The Bertz CT molecular complexity index is 2270. The molecule has 2 fully saturated rings. The van der Waals surface area contributed by atoms with E-state index in [1.54, 1.807) is 59.7 Å². The predicted molar refractivity (Wildman–Crippen MR) is 229 cm³/mol. The maximum Gasteiger partial charge on any atom is 0.425 e. The molecule has 0 spiro atoms. The van der Waals surface area contributed by atoms with Crippen molar-refractivity contribution in [2.45, 2.75) is 104 Å². The smallest absolute Gasteiger partial charge is 0.425 e. The topological polar surface area (TPSA) is 158 Å². The second-order valence-electron chi connectivity index (χ2n) is 17.2. The number of halogens is 4. The highest BCUT2D eigenvalue weighted by molar-refractivity contribution is 14.1. The van der Waals surface area contributed by atoms with Crippen LogP contribution in [-0.2, 0) is 9.47 Å². The number of hydrogen-bond acceptors (Lipinski definition) is 13. The Morgan fingerprint density at radius 3 is 2.51 bits per heavy atom. The van der Waals surface area contributed by atoms with Crippen LogP contribution in [-0.4, -0.2) is 92.8 Å². The van der Waals surface area contributed by atoms with Crippen LogP contribution in [0, 0.1) is 16.3 Å². The van der Waals surface area contributed by atoms with Crippen molar-refractivity contribution in [2.75, 3.05) is 48.4 Å². The van der Waals surface area contributed by atoms with Crippen molar-refractivity contribution in [1.82, 2.24) is 24.8 Å². The van der Waals surface area contributed by atoms with E-state index in [1.807, 2.05) is 18.7 Å². The van der Waals surface area contributed by atoms with Crippen LogP contribution in [0.4, 0.5) is 35.7 Å². The third kappa shape index (κ3) is 8.38. The molecule has 4 aromatic rings. The van der Waals surface area contributed by atoms with Crippen molar-refractivity contribution in [2.24, 2.45) is 0 Å². The Balaban J connectivity index is 1.39. The van der Waals surface area contributed by atoms with Crippen LogP contribution in [0.5, 0.6) is 11.9 Å². The first-order chi connectivity index (χ1) is 27.7. The number of hydrogen-bond donors (Lipinski definition) is 1. The molecule has 0 saturated carbocycles. The molecule has 0 unspecified atom stereocenters. The number of pyridine rings is 2. The number of nitrogens with zero attached hydrogens (tertiary/aromatic N) is 7. The maximum atomic E-state index is 17.3. The van der Waals surface area contributed by atoms with E-state index in [2.05, 4.69) is 37.5 Å². The van der Waals surface area contributed by atoms with Gasteiger partial charge in [-0.05, 0) is 115 Å². The highest BCUT2D eigenvalue weighted by Gasteiger charge is 2.49. The number of nitrogen functional groups attached to an aromatic ring is 1. The summed E-state index contributed by atoms with van der Waals surface area (Å²) in [6.07, 6.45) is 0.408. The van der Waals surface area contributed by atoms with Gasteiger partial charge in [-0.1, -0.05) is 17.7 Å². The van der Waals surface area contributed by atoms with Crippen molar-refractivity contribution in [3.05, 3.63) is 49.9 Å². The summed E-state index contributed by atoms with van der Waals surface area (Å²) >= 11 is 8.84. The van der Waals surface area contributed by atoms with Crippen LogP contribution < -0.4 is 25.0 Å². The van der Waals surface area contributed by atoms with E-state index in [-0.39, 0.29) is 76.2 Å². The molecule has 0 bridgehead atoms. The SMILES string of the molecule is Cc1cc(N)c(Cl)c(-c2nc3c4c(nc(OC[C@@]56CCCN5C[C@H](F)C6)nc4c2F)N([C@H](C)c2cccnc2N(C(=O)OC(C)(C)C)C(=O)OC(C)(C)C)CCO3)c1I. The molecule has 0 radical (unpaired) electrons. The lowest BCUT2D eigenvalue weighted by atomic mass is 9.95. The van der Waals surface area contributed by atoms with Gasteiger partial charge in [0.2, 0.25) is 5.88 Å². The minimum absolute atomic E-state index is 0.0426. The third-order valence-corrected chi connectivity index (χ3v) is 12.3. The Labute approximate surface area is 360 Å². The first-order valence-corrected chi connectivity index (χ1v) is 20.9. The van der Waals surface area contributed by atoms with E-state index in [1.165, 1.54) is 6.20 Å². The fourth-order valence-corrected chi connectivity index (χ4v) is 9.05. The normalized spacial score (nSPS) is 19.9. The number of rotatable bonds is 7. The Kier molecular flexibility index (Phi) is 11.5. The maximum absolute atomic E-state index is 17.3. The van der Waals surface area contributed by atoms with Gasteiger partial charge in [-0.2, -0.15) is 14.9 Å². The van der Waals surface area contributed by atoms with Gasteiger partial charge in [-0.25, -0.2) is 28.3 Å².